The van der Waals surface area contributed by atoms with Gasteiger partial charge in [-0.25, -0.2) is 0 Å². The van der Waals surface area contributed by atoms with Crippen LogP contribution in [-0.2, 0) is 17.6 Å². The zero-order chi connectivity index (χ0) is 26.8. The number of Topliss-reactive ketones (excluding diaryl/α,β-unsaturated/α-hetero) is 1. The first-order valence-corrected chi connectivity index (χ1v) is 13.1. The number of carbonyl (C=O) groups excluding carboxylic acids is 2. The summed E-state index contributed by atoms with van der Waals surface area (Å²) in [4.78, 5) is 41.9. The van der Waals surface area contributed by atoms with Crippen LogP contribution in [0.3, 0.4) is 0 Å². The van der Waals surface area contributed by atoms with Crippen molar-refractivity contribution in [2.45, 2.75) is 50.2 Å². The standard InChI is InChI=1S/C30H33N3O5/c1-33-17-22-14-23(34)7-9-26(35)25(33)15-21-6-8-24(29(37)28(21)22)30(38)32-12-10-18-2-4-19(5-3-18)20-11-13-31-27(36)16-20/h2-6,8,11,13,16,22,25-26,35,37H,7,9-10,12,14-15,17H2,1H3,(H,31,36)(H,32,38)/t22?,25-,26-/m1/s1. The average Bonchev–Trinajstić information content (AvgIpc) is 3.01. The number of H-pyrrole nitrogens is 1. The second-order valence-electron chi connectivity index (χ2n) is 10.4. The molecule has 0 saturated carbocycles. The Balaban J connectivity index is 1.29. The molecule has 2 aliphatic rings. The maximum Gasteiger partial charge on any atom is 0.255 e. The number of aliphatic hydroxyl groups excluding tert-OH is 1. The van der Waals surface area contributed by atoms with E-state index in [0.29, 0.717) is 44.3 Å². The van der Waals surface area contributed by atoms with E-state index < -0.39 is 6.10 Å². The Kier molecular flexibility index (Phi) is 7.44. The second kappa shape index (κ2) is 10.9. The number of hydrogen-bond acceptors (Lipinski definition) is 6. The number of aliphatic hydroxyl groups is 1. The van der Waals surface area contributed by atoms with Gasteiger partial charge in [-0.2, -0.15) is 0 Å². The molecule has 5 rings (SSSR count). The molecule has 8 nitrogen and oxygen atoms in total. The minimum absolute atomic E-state index is 0.0651. The van der Waals surface area contributed by atoms with Crippen molar-refractivity contribution >= 4 is 11.7 Å². The van der Waals surface area contributed by atoms with Crippen LogP contribution < -0.4 is 10.9 Å². The zero-order valence-corrected chi connectivity index (χ0v) is 21.4. The Morgan fingerprint density at radius 3 is 2.63 bits per heavy atom. The normalized spacial score (nSPS) is 21.6. The van der Waals surface area contributed by atoms with Gasteiger partial charge >= 0.3 is 0 Å². The van der Waals surface area contributed by atoms with Crippen LogP contribution in [0, 0.1) is 0 Å². The number of pyridine rings is 1. The topological polar surface area (TPSA) is 123 Å². The number of phenolic OH excluding ortho intramolecular Hbond substituents is 1. The SMILES string of the molecule is CN1CC2CC(=O)CC[C@@H](O)[C@H]1Cc1ccc(C(=O)NCCc3ccc(-c4cc[nH]c(=O)c4)cc3)c(O)c12. The van der Waals surface area contributed by atoms with Gasteiger partial charge in [0.15, 0.2) is 0 Å². The number of aromatic hydroxyl groups is 1. The molecule has 8 heteroatoms. The molecule has 2 aliphatic heterocycles. The lowest BCUT2D eigenvalue weighted by molar-refractivity contribution is -0.119. The molecule has 0 aliphatic carbocycles. The van der Waals surface area contributed by atoms with Gasteiger partial charge in [0.1, 0.15) is 11.5 Å². The third-order valence-electron chi connectivity index (χ3n) is 7.86. The third kappa shape index (κ3) is 5.42. The summed E-state index contributed by atoms with van der Waals surface area (Å²) in [5, 5.41) is 24.9. The predicted molar refractivity (Wildman–Crippen MR) is 144 cm³/mol. The highest BCUT2D eigenvalue weighted by Gasteiger charge is 2.36. The molecule has 38 heavy (non-hydrogen) atoms. The Morgan fingerprint density at radius 1 is 1.08 bits per heavy atom. The Morgan fingerprint density at radius 2 is 1.87 bits per heavy atom. The smallest absolute Gasteiger partial charge is 0.255 e. The van der Waals surface area contributed by atoms with Gasteiger partial charge in [0, 0.05) is 55.7 Å². The molecule has 0 spiro atoms. The van der Waals surface area contributed by atoms with Crippen molar-refractivity contribution < 1.29 is 19.8 Å². The summed E-state index contributed by atoms with van der Waals surface area (Å²) in [6.07, 6.45) is 3.20. The van der Waals surface area contributed by atoms with E-state index in [4.69, 9.17) is 0 Å². The van der Waals surface area contributed by atoms with Crippen LogP contribution in [-0.4, -0.2) is 64.1 Å². The van der Waals surface area contributed by atoms with Crippen molar-refractivity contribution in [1.29, 1.82) is 0 Å². The summed E-state index contributed by atoms with van der Waals surface area (Å²) in [6, 6.07) is 14.6. The second-order valence-corrected chi connectivity index (χ2v) is 10.4. The number of amides is 1. The van der Waals surface area contributed by atoms with Crippen molar-refractivity contribution in [2.75, 3.05) is 20.1 Å². The fourth-order valence-electron chi connectivity index (χ4n) is 5.80. The summed E-state index contributed by atoms with van der Waals surface area (Å²) in [5.41, 5.74) is 4.39. The monoisotopic (exact) mass is 515 g/mol. The predicted octanol–water partition coefficient (Wildman–Crippen LogP) is 2.77. The molecule has 0 radical (unpaired) electrons. The molecule has 3 atom stereocenters. The molecule has 198 valence electrons. The number of nitrogens with zero attached hydrogens (tertiary/aromatic N) is 1. The highest BCUT2D eigenvalue weighted by Crippen LogP contribution is 2.40. The number of carbonyl (C=O) groups is 2. The van der Waals surface area contributed by atoms with Crippen LogP contribution in [0.5, 0.6) is 5.75 Å². The molecule has 1 saturated heterocycles. The summed E-state index contributed by atoms with van der Waals surface area (Å²) in [5.74, 6) is -0.597. The van der Waals surface area contributed by atoms with Crippen molar-refractivity contribution in [3.8, 4) is 16.9 Å². The number of likely N-dealkylation sites (N-methyl/N-ethyl adjacent to an activating group) is 1. The molecule has 1 amide bonds. The number of ketones is 1. The minimum Gasteiger partial charge on any atom is -0.507 e. The number of rotatable bonds is 5. The lowest BCUT2D eigenvalue weighted by Gasteiger charge is -2.30. The Labute approximate surface area is 221 Å². The largest absolute Gasteiger partial charge is 0.507 e. The summed E-state index contributed by atoms with van der Waals surface area (Å²) >= 11 is 0. The van der Waals surface area contributed by atoms with Crippen molar-refractivity contribution in [3.63, 3.8) is 0 Å². The van der Waals surface area contributed by atoms with Crippen molar-refractivity contribution in [1.82, 2.24) is 15.2 Å². The van der Waals surface area contributed by atoms with Gasteiger partial charge in [-0.05, 0) is 60.7 Å². The van der Waals surface area contributed by atoms with E-state index in [9.17, 15) is 24.6 Å². The first-order valence-electron chi connectivity index (χ1n) is 13.1. The average molecular weight is 516 g/mol. The van der Waals surface area contributed by atoms with Gasteiger partial charge in [0.25, 0.3) is 5.91 Å². The Bertz CT molecular complexity index is 1400. The van der Waals surface area contributed by atoms with Crippen LogP contribution in [0.1, 0.15) is 52.2 Å². The highest BCUT2D eigenvalue weighted by atomic mass is 16.3. The number of fused-ring (bicyclic) bond motifs is 5. The van der Waals surface area contributed by atoms with E-state index in [1.165, 1.54) is 0 Å². The zero-order valence-electron chi connectivity index (χ0n) is 21.4. The van der Waals surface area contributed by atoms with E-state index in [2.05, 4.69) is 15.2 Å². The summed E-state index contributed by atoms with van der Waals surface area (Å²) in [7, 11) is 1.94. The first-order chi connectivity index (χ1) is 18.3. The number of hydrogen-bond donors (Lipinski definition) is 4. The van der Waals surface area contributed by atoms with Gasteiger partial charge in [-0.3, -0.25) is 19.3 Å². The van der Waals surface area contributed by atoms with Gasteiger partial charge < -0.3 is 20.5 Å². The summed E-state index contributed by atoms with van der Waals surface area (Å²) in [6.45, 7) is 0.922. The fourth-order valence-corrected chi connectivity index (χ4v) is 5.80. The van der Waals surface area contributed by atoms with Crippen LogP contribution in [0.2, 0.25) is 0 Å². The number of aromatic amines is 1. The maximum absolute atomic E-state index is 13.1. The van der Waals surface area contributed by atoms with Gasteiger partial charge in [-0.15, -0.1) is 0 Å². The lowest BCUT2D eigenvalue weighted by Crippen LogP contribution is -2.42. The van der Waals surface area contributed by atoms with Gasteiger partial charge in [0.2, 0.25) is 5.56 Å². The van der Waals surface area contributed by atoms with E-state index >= 15 is 0 Å². The Hall–Kier alpha value is -3.75. The molecule has 1 fully saturated rings. The number of aromatic nitrogens is 1. The van der Waals surface area contributed by atoms with Crippen molar-refractivity contribution in [3.05, 3.63) is 87.3 Å². The van der Waals surface area contributed by atoms with Crippen LogP contribution in [0.15, 0.2) is 59.5 Å². The van der Waals surface area contributed by atoms with Crippen LogP contribution in [0.4, 0.5) is 0 Å². The van der Waals surface area contributed by atoms with E-state index in [1.807, 2.05) is 43.4 Å². The summed E-state index contributed by atoms with van der Waals surface area (Å²) < 4.78 is 0. The molecule has 1 aromatic heterocycles. The minimum atomic E-state index is -0.622. The number of phenols is 1. The highest BCUT2D eigenvalue weighted by molar-refractivity contribution is 5.97. The number of nitrogens with one attached hydrogen (secondary N) is 2. The van der Waals surface area contributed by atoms with Crippen molar-refractivity contribution in [2.24, 2.45) is 0 Å². The molecule has 1 unspecified atom stereocenters. The molecule has 2 bridgehead atoms. The maximum atomic E-state index is 13.1. The third-order valence-corrected chi connectivity index (χ3v) is 7.86. The molecular weight excluding hydrogens is 482 g/mol. The van der Waals surface area contributed by atoms with Crippen LogP contribution in [0.25, 0.3) is 11.1 Å². The molecule has 4 N–H and O–H groups in total. The quantitative estimate of drug-likeness (QED) is 0.415. The lowest BCUT2D eigenvalue weighted by atomic mass is 9.84. The van der Waals surface area contributed by atoms with E-state index in [1.54, 1.807) is 18.3 Å². The molecule has 3 heterocycles. The first kappa shape index (κ1) is 25.9. The van der Waals surface area contributed by atoms with Crippen LogP contribution >= 0.6 is 0 Å². The van der Waals surface area contributed by atoms with E-state index in [0.717, 1.165) is 22.3 Å². The molecule has 2 aromatic carbocycles. The number of benzene rings is 2. The van der Waals surface area contributed by atoms with Gasteiger partial charge in [0.05, 0.1) is 11.7 Å². The van der Waals surface area contributed by atoms with Gasteiger partial charge in [-0.1, -0.05) is 30.3 Å². The fraction of sp³-hybridized carbons (Fsp3) is 0.367. The molecular formula is C30H33N3O5. The van der Waals surface area contributed by atoms with E-state index in [-0.39, 0.29) is 46.9 Å². The molecule has 3 aromatic rings.